The van der Waals surface area contributed by atoms with Crippen molar-refractivity contribution in [3.8, 4) is 0 Å². The second-order valence-corrected chi connectivity index (χ2v) is 6.38. The summed E-state index contributed by atoms with van der Waals surface area (Å²) in [7, 11) is 0. The normalized spacial score (nSPS) is 15.6. The van der Waals surface area contributed by atoms with Gasteiger partial charge in [0.1, 0.15) is 0 Å². The highest BCUT2D eigenvalue weighted by Crippen LogP contribution is 2.21. The lowest BCUT2D eigenvalue weighted by Crippen LogP contribution is -2.23. The van der Waals surface area contributed by atoms with E-state index in [1.165, 1.54) is 43.1 Å². The van der Waals surface area contributed by atoms with Crippen molar-refractivity contribution in [2.24, 2.45) is 0 Å². The lowest BCUT2D eigenvalue weighted by atomic mass is 10.2. The Balaban J connectivity index is 1.84. The molecule has 1 aliphatic rings. The summed E-state index contributed by atoms with van der Waals surface area (Å²) in [4.78, 5) is 14.1. The molecule has 0 saturated carbocycles. The first-order valence-electron chi connectivity index (χ1n) is 7.63. The van der Waals surface area contributed by atoms with Gasteiger partial charge in [-0.2, -0.15) is 0 Å². The van der Waals surface area contributed by atoms with Gasteiger partial charge in [-0.05, 0) is 37.1 Å². The molecule has 0 spiro atoms. The Morgan fingerprint density at radius 1 is 1.14 bits per heavy atom. The van der Waals surface area contributed by atoms with Crippen LogP contribution in [-0.4, -0.2) is 42.2 Å². The molecule has 0 bridgehead atoms. The molecule has 0 aliphatic carbocycles. The molecule has 4 nitrogen and oxygen atoms in total. The molecule has 0 atom stereocenters. The highest BCUT2D eigenvalue weighted by atomic mass is 32.2. The predicted molar refractivity (Wildman–Crippen MR) is 90.2 cm³/mol. The van der Waals surface area contributed by atoms with Gasteiger partial charge in [0, 0.05) is 30.2 Å². The lowest BCUT2D eigenvalue weighted by molar-refractivity contribution is -0.113. The summed E-state index contributed by atoms with van der Waals surface area (Å²) in [5.41, 5.74) is 2.08. The monoisotopic (exact) mass is 308 g/mol. The zero-order valence-corrected chi connectivity index (χ0v) is 13.2. The fraction of sp³-hybridized carbons (Fsp3) is 0.562. The molecular formula is C16H24N2O2S. The van der Waals surface area contributed by atoms with Gasteiger partial charge in [-0.15, -0.1) is 11.8 Å². The second kappa shape index (κ2) is 8.95. The van der Waals surface area contributed by atoms with Crippen molar-refractivity contribution in [3.05, 3.63) is 24.3 Å². The number of carbonyl (C=O) groups excluding carboxylic acids is 1. The van der Waals surface area contributed by atoms with Crippen LogP contribution in [0.1, 0.15) is 25.7 Å². The molecule has 1 aromatic rings. The Morgan fingerprint density at radius 3 is 2.43 bits per heavy atom. The van der Waals surface area contributed by atoms with Gasteiger partial charge in [-0.1, -0.05) is 12.8 Å². The fourth-order valence-corrected chi connectivity index (χ4v) is 3.04. The average molecular weight is 308 g/mol. The number of nitrogens with one attached hydrogen (secondary N) is 1. The van der Waals surface area contributed by atoms with Crippen LogP contribution in [0.5, 0.6) is 0 Å². The summed E-state index contributed by atoms with van der Waals surface area (Å²) in [5.74, 6) is 0.964. The number of hydrogen-bond donors (Lipinski definition) is 2. The Hall–Kier alpha value is -1.20. The number of amides is 1. The summed E-state index contributed by atoms with van der Waals surface area (Å²) >= 11 is 1.44. The van der Waals surface area contributed by atoms with E-state index in [0.29, 0.717) is 11.5 Å². The van der Waals surface area contributed by atoms with Crippen molar-refractivity contribution in [3.63, 3.8) is 0 Å². The largest absolute Gasteiger partial charge is 0.396 e. The molecule has 2 N–H and O–H groups in total. The van der Waals surface area contributed by atoms with E-state index in [0.717, 1.165) is 18.8 Å². The van der Waals surface area contributed by atoms with Crippen molar-refractivity contribution in [2.75, 3.05) is 41.4 Å². The molecule has 1 amide bonds. The molecule has 21 heavy (non-hydrogen) atoms. The van der Waals surface area contributed by atoms with Crippen LogP contribution in [-0.2, 0) is 4.79 Å². The molecule has 1 saturated heterocycles. The molecule has 1 fully saturated rings. The number of carbonyl (C=O) groups is 1. The van der Waals surface area contributed by atoms with Gasteiger partial charge < -0.3 is 15.3 Å². The van der Waals surface area contributed by atoms with Gasteiger partial charge in [0.05, 0.1) is 12.4 Å². The van der Waals surface area contributed by atoms with E-state index < -0.39 is 0 Å². The summed E-state index contributed by atoms with van der Waals surface area (Å²) in [6, 6.07) is 8.10. The number of aliphatic hydroxyl groups excluding tert-OH is 1. The number of nitrogens with zero attached hydrogens (tertiary/aromatic N) is 1. The third-order valence-corrected chi connectivity index (χ3v) is 4.53. The van der Waals surface area contributed by atoms with E-state index in [1.54, 1.807) is 0 Å². The molecule has 1 heterocycles. The Labute approximate surface area is 130 Å². The van der Waals surface area contributed by atoms with Crippen molar-refractivity contribution in [2.45, 2.75) is 25.7 Å². The van der Waals surface area contributed by atoms with Crippen molar-refractivity contribution >= 4 is 29.0 Å². The van der Waals surface area contributed by atoms with E-state index in [2.05, 4.69) is 22.3 Å². The molecule has 1 aromatic carbocycles. The minimum atomic E-state index is -0.0176. The van der Waals surface area contributed by atoms with Crippen LogP contribution in [0.4, 0.5) is 11.4 Å². The SMILES string of the molecule is O=C(CSCCO)Nc1ccc(N2CCCCCC2)cc1. The number of anilines is 2. The van der Waals surface area contributed by atoms with Gasteiger partial charge in [0.2, 0.25) is 5.91 Å². The standard InChI is InChI=1S/C16H24N2O2S/c19-11-12-21-13-16(20)17-14-5-7-15(8-6-14)18-9-3-1-2-4-10-18/h5-8,19H,1-4,9-13H2,(H,17,20). The second-order valence-electron chi connectivity index (χ2n) is 5.27. The third-order valence-electron chi connectivity index (χ3n) is 3.59. The van der Waals surface area contributed by atoms with Crippen LogP contribution in [0.2, 0.25) is 0 Å². The number of rotatable bonds is 6. The van der Waals surface area contributed by atoms with E-state index in [9.17, 15) is 4.79 Å². The first kappa shape index (κ1) is 16.2. The van der Waals surface area contributed by atoms with E-state index >= 15 is 0 Å². The molecule has 1 aliphatic heterocycles. The van der Waals surface area contributed by atoms with Gasteiger partial charge in [-0.25, -0.2) is 0 Å². The highest BCUT2D eigenvalue weighted by Gasteiger charge is 2.10. The van der Waals surface area contributed by atoms with E-state index in [4.69, 9.17) is 5.11 Å². The van der Waals surface area contributed by atoms with Crippen molar-refractivity contribution in [1.29, 1.82) is 0 Å². The fourth-order valence-electron chi connectivity index (χ4n) is 2.51. The number of hydrogen-bond acceptors (Lipinski definition) is 4. The van der Waals surface area contributed by atoms with Crippen LogP contribution in [0.25, 0.3) is 0 Å². The third kappa shape index (κ3) is 5.59. The lowest BCUT2D eigenvalue weighted by Gasteiger charge is -2.22. The zero-order valence-electron chi connectivity index (χ0n) is 12.4. The molecule has 0 radical (unpaired) electrons. The van der Waals surface area contributed by atoms with Crippen LogP contribution in [0.15, 0.2) is 24.3 Å². The summed E-state index contributed by atoms with van der Waals surface area (Å²) in [5, 5.41) is 11.6. The topological polar surface area (TPSA) is 52.6 Å². The average Bonchev–Trinajstić information content (AvgIpc) is 2.77. The van der Waals surface area contributed by atoms with Crippen molar-refractivity contribution < 1.29 is 9.90 Å². The van der Waals surface area contributed by atoms with Crippen LogP contribution in [0, 0.1) is 0 Å². The molecule has 0 unspecified atom stereocenters. The van der Waals surface area contributed by atoms with Gasteiger partial charge in [0.25, 0.3) is 0 Å². The first-order chi connectivity index (χ1) is 10.3. The van der Waals surface area contributed by atoms with Gasteiger partial charge in [-0.3, -0.25) is 4.79 Å². The molecule has 5 heteroatoms. The zero-order chi connectivity index (χ0) is 14.9. The van der Waals surface area contributed by atoms with Gasteiger partial charge >= 0.3 is 0 Å². The van der Waals surface area contributed by atoms with Crippen LogP contribution in [0.3, 0.4) is 0 Å². The van der Waals surface area contributed by atoms with Crippen LogP contribution < -0.4 is 10.2 Å². The summed E-state index contributed by atoms with van der Waals surface area (Å²) in [6.45, 7) is 2.37. The summed E-state index contributed by atoms with van der Waals surface area (Å²) in [6.07, 6.45) is 5.19. The maximum Gasteiger partial charge on any atom is 0.234 e. The number of benzene rings is 1. The quantitative estimate of drug-likeness (QED) is 0.794. The Bertz CT molecular complexity index is 428. The van der Waals surface area contributed by atoms with Crippen molar-refractivity contribution in [1.82, 2.24) is 0 Å². The molecule has 2 rings (SSSR count). The Morgan fingerprint density at radius 2 is 1.81 bits per heavy atom. The Kier molecular flexibility index (Phi) is 6.89. The maximum atomic E-state index is 11.7. The minimum absolute atomic E-state index is 0.0176. The first-order valence-corrected chi connectivity index (χ1v) is 8.78. The van der Waals surface area contributed by atoms with E-state index in [-0.39, 0.29) is 12.5 Å². The predicted octanol–water partition coefficient (Wildman–Crippen LogP) is 2.73. The minimum Gasteiger partial charge on any atom is -0.396 e. The van der Waals surface area contributed by atoms with E-state index in [1.807, 2.05) is 12.1 Å². The highest BCUT2D eigenvalue weighted by molar-refractivity contribution is 7.99. The molecule has 116 valence electrons. The summed E-state index contributed by atoms with van der Waals surface area (Å²) < 4.78 is 0. The number of thioether (sulfide) groups is 1. The molecular weight excluding hydrogens is 284 g/mol. The van der Waals surface area contributed by atoms with Gasteiger partial charge in [0.15, 0.2) is 0 Å². The number of aliphatic hydroxyl groups is 1. The molecule has 0 aromatic heterocycles. The van der Waals surface area contributed by atoms with Crippen LogP contribution >= 0.6 is 11.8 Å². The maximum absolute atomic E-state index is 11.7. The smallest absolute Gasteiger partial charge is 0.234 e.